The lowest BCUT2D eigenvalue weighted by molar-refractivity contribution is -0.142. The van der Waals surface area contributed by atoms with Crippen molar-refractivity contribution in [2.24, 2.45) is 0 Å². The largest absolute Gasteiger partial charge is 0.505 e. The average molecular weight is 393 g/mol. The highest BCUT2D eigenvalue weighted by Crippen LogP contribution is 2.39. The van der Waals surface area contributed by atoms with E-state index in [0.717, 1.165) is 0 Å². The van der Waals surface area contributed by atoms with Crippen LogP contribution in [-0.4, -0.2) is 34.8 Å². The second-order valence-electron chi connectivity index (χ2n) is 6.26. The first-order chi connectivity index (χ1) is 14.1. The summed E-state index contributed by atoms with van der Waals surface area (Å²) in [5, 5.41) is 11.0. The second kappa shape index (κ2) is 9.10. The van der Waals surface area contributed by atoms with Gasteiger partial charge in [-0.3, -0.25) is 4.79 Å². The van der Waals surface area contributed by atoms with Gasteiger partial charge >= 0.3 is 11.9 Å². The van der Waals surface area contributed by atoms with Crippen LogP contribution in [0.5, 0.6) is 5.75 Å². The zero-order valence-corrected chi connectivity index (χ0v) is 16.4. The minimum absolute atomic E-state index is 0.0289. The second-order valence-corrected chi connectivity index (χ2v) is 6.26. The maximum absolute atomic E-state index is 12.8. The molecule has 3 rings (SSSR count). The summed E-state index contributed by atoms with van der Waals surface area (Å²) < 4.78 is 12.0. The lowest BCUT2D eigenvalue weighted by atomic mass is 10.1. The minimum Gasteiger partial charge on any atom is -0.505 e. The molecule has 0 saturated carbocycles. The number of aromatic nitrogens is 1. The third kappa shape index (κ3) is 4.16. The van der Waals surface area contributed by atoms with Crippen molar-refractivity contribution in [1.82, 2.24) is 4.57 Å². The number of esters is 2. The zero-order chi connectivity index (χ0) is 20.8. The first-order valence-corrected chi connectivity index (χ1v) is 9.48. The molecule has 2 aromatic carbocycles. The van der Waals surface area contributed by atoms with Gasteiger partial charge in [-0.15, -0.1) is 0 Å². The molecule has 1 heterocycles. The van der Waals surface area contributed by atoms with Gasteiger partial charge in [-0.2, -0.15) is 0 Å². The van der Waals surface area contributed by atoms with E-state index in [-0.39, 0.29) is 36.6 Å². The van der Waals surface area contributed by atoms with E-state index in [2.05, 4.69) is 0 Å². The Morgan fingerprint density at radius 1 is 0.897 bits per heavy atom. The first-order valence-electron chi connectivity index (χ1n) is 9.48. The Kier molecular flexibility index (Phi) is 6.34. The summed E-state index contributed by atoms with van der Waals surface area (Å²) in [7, 11) is 0. The molecule has 0 aliphatic rings. The van der Waals surface area contributed by atoms with E-state index in [4.69, 9.17) is 9.47 Å². The molecule has 1 N–H and O–H groups in total. The lowest BCUT2D eigenvalue weighted by Crippen LogP contribution is -2.12. The highest BCUT2D eigenvalue weighted by Gasteiger charge is 2.31. The van der Waals surface area contributed by atoms with Crippen LogP contribution in [0, 0.1) is 0 Å². The number of aromatic hydroxyl groups is 1. The topological polar surface area (TPSA) is 77.8 Å². The number of carbonyl (C=O) groups excluding carboxylic acids is 2. The summed E-state index contributed by atoms with van der Waals surface area (Å²) in [6.45, 7) is 3.80. The van der Waals surface area contributed by atoms with Gasteiger partial charge in [0, 0.05) is 5.69 Å². The van der Waals surface area contributed by atoms with Crippen molar-refractivity contribution in [1.29, 1.82) is 0 Å². The first kappa shape index (κ1) is 20.2. The Bertz CT molecular complexity index is 993. The molecule has 0 amide bonds. The Hall–Kier alpha value is -3.54. The third-order valence-corrected chi connectivity index (χ3v) is 4.40. The lowest BCUT2D eigenvalue weighted by Gasteiger charge is -2.14. The molecule has 6 nitrogen and oxygen atoms in total. The maximum atomic E-state index is 12.8. The number of nitrogens with zero attached hydrogens (tertiary/aromatic N) is 1. The molecule has 0 fully saturated rings. The highest BCUT2D eigenvalue weighted by molar-refractivity contribution is 6.01. The SMILES string of the molecule is CCOC(=O)Cc1c(O)c(C(=O)OCC)c(-c2ccccc2)n1-c1ccccc1. The Morgan fingerprint density at radius 3 is 2.07 bits per heavy atom. The summed E-state index contributed by atoms with van der Waals surface area (Å²) in [5.74, 6) is -1.42. The third-order valence-electron chi connectivity index (χ3n) is 4.40. The van der Waals surface area contributed by atoms with Crippen molar-refractivity contribution in [3.05, 3.63) is 71.9 Å². The molecule has 29 heavy (non-hydrogen) atoms. The van der Waals surface area contributed by atoms with Crippen molar-refractivity contribution >= 4 is 11.9 Å². The maximum Gasteiger partial charge on any atom is 0.344 e. The Balaban J connectivity index is 2.33. The highest BCUT2D eigenvalue weighted by atomic mass is 16.5. The van der Waals surface area contributed by atoms with Gasteiger partial charge in [-0.05, 0) is 31.5 Å². The predicted molar refractivity (Wildman–Crippen MR) is 109 cm³/mol. The molecule has 3 aromatic rings. The normalized spacial score (nSPS) is 10.6. The zero-order valence-electron chi connectivity index (χ0n) is 16.4. The van der Waals surface area contributed by atoms with E-state index < -0.39 is 11.9 Å². The van der Waals surface area contributed by atoms with Gasteiger partial charge in [0.1, 0.15) is 5.56 Å². The number of hydrogen-bond donors (Lipinski definition) is 1. The summed E-state index contributed by atoms with van der Waals surface area (Å²) in [6, 6.07) is 18.5. The van der Waals surface area contributed by atoms with Crippen molar-refractivity contribution in [2.45, 2.75) is 20.3 Å². The smallest absolute Gasteiger partial charge is 0.344 e. The molecule has 0 atom stereocenters. The fourth-order valence-electron chi connectivity index (χ4n) is 3.25. The monoisotopic (exact) mass is 393 g/mol. The quantitative estimate of drug-likeness (QED) is 0.611. The van der Waals surface area contributed by atoms with Crippen molar-refractivity contribution < 1.29 is 24.2 Å². The number of hydrogen-bond acceptors (Lipinski definition) is 5. The van der Waals surface area contributed by atoms with Gasteiger partial charge in [0.05, 0.1) is 31.0 Å². The van der Waals surface area contributed by atoms with Crippen LogP contribution < -0.4 is 0 Å². The molecule has 0 unspecified atom stereocenters. The van der Waals surface area contributed by atoms with E-state index in [1.807, 2.05) is 60.7 Å². The number of para-hydroxylation sites is 1. The van der Waals surface area contributed by atoms with Crippen LogP contribution in [0.25, 0.3) is 16.9 Å². The van der Waals surface area contributed by atoms with Crippen LogP contribution in [0.15, 0.2) is 60.7 Å². The minimum atomic E-state index is -0.649. The van der Waals surface area contributed by atoms with Crippen molar-refractivity contribution in [2.75, 3.05) is 13.2 Å². The number of rotatable bonds is 7. The summed E-state index contributed by atoms with van der Waals surface area (Å²) in [6.07, 6.45) is -0.187. The van der Waals surface area contributed by atoms with Gasteiger partial charge in [-0.1, -0.05) is 48.5 Å². The van der Waals surface area contributed by atoms with Crippen LogP contribution in [0.2, 0.25) is 0 Å². The van der Waals surface area contributed by atoms with Crippen LogP contribution in [0.4, 0.5) is 0 Å². The van der Waals surface area contributed by atoms with E-state index in [0.29, 0.717) is 16.9 Å². The molecule has 150 valence electrons. The molecular formula is C23H23NO5. The molecule has 0 aliphatic heterocycles. The number of benzene rings is 2. The van der Waals surface area contributed by atoms with Gasteiger partial charge in [-0.25, -0.2) is 4.79 Å². The van der Waals surface area contributed by atoms with Crippen LogP contribution in [0.3, 0.4) is 0 Å². The Labute approximate surface area is 169 Å². The standard InChI is InChI=1S/C23H23NO5/c1-3-28-19(25)15-18-22(26)20(23(27)29-4-2)21(16-11-7-5-8-12-16)24(18)17-13-9-6-10-14-17/h5-14,26H,3-4,15H2,1-2H3. The van der Waals surface area contributed by atoms with Gasteiger partial charge in [0.15, 0.2) is 5.75 Å². The predicted octanol–water partition coefficient (Wildman–Crippen LogP) is 4.13. The molecule has 0 bridgehead atoms. The van der Waals surface area contributed by atoms with E-state index in [1.54, 1.807) is 18.4 Å². The summed E-state index contributed by atoms with van der Waals surface area (Å²) in [4.78, 5) is 25.0. The fraction of sp³-hybridized carbons (Fsp3) is 0.217. The Morgan fingerprint density at radius 2 is 1.48 bits per heavy atom. The van der Waals surface area contributed by atoms with Gasteiger partial charge < -0.3 is 19.1 Å². The molecular weight excluding hydrogens is 370 g/mol. The molecule has 0 saturated heterocycles. The number of carbonyl (C=O) groups is 2. The fourth-order valence-corrected chi connectivity index (χ4v) is 3.25. The number of ether oxygens (including phenoxy) is 2. The molecule has 6 heteroatoms. The average Bonchev–Trinajstić information content (AvgIpc) is 3.02. The van der Waals surface area contributed by atoms with Crippen LogP contribution in [-0.2, 0) is 20.7 Å². The van der Waals surface area contributed by atoms with Gasteiger partial charge in [0.25, 0.3) is 0 Å². The van der Waals surface area contributed by atoms with Crippen molar-refractivity contribution in [3.63, 3.8) is 0 Å². The van der Waals surface area contributed by atoms with Gasteiger partial charge in [0.2, 0.25) is 0 Å². The molecule has 0 radical (unpaired) electrons. The van der Waals surface area contributed by atoms with Crippen LogP contribution >= 0.6 is 0 Å². The summed E-state index contributed by atoms with van der Waals surface area (Å²) >= 11 is 0. The molecule has 1 aromatic heterocycles. The van der Waals surface area contributed by atoms with Crippen LogP contribution in [0.1, 0.15) is 29.9 Å². The summed E-state index contributed by atoms with van der Waals surface area (Å²) in [5.41, 5.74) is 2.19. The van der Waals surface area contributed by atoms with Crippen molar-refractivity contribution in [3.8, 4) is 22.7 Å². The van der Waals surface area contributed by atoms with E-state index in [1.165, 1.54) is 0 Å². The van der Waals surface area contributed by atoms with E-state index >= 15 is 0 Å². The molecule has 0 aliphatic carbocycles. The van der Waals surface area contributed by atoms with E-state index in [9.17, 15) is 14.7 Å². The molecule has 0 spiro atoms.